The fraction of sp³-hybridized carbons (Fsp3) is 0.600. The molecule has 0 bridgehead atoms. The van der Waals surface area contributed by atoms with E-state index in [1.165, 1.54) is 6.20 Å². The molecule has 1 heterocycles. The minimum absolute atomic E-state index is 0.0960. The maximum Gasteiger partial charge on any atom is 0.358 e. The Balaban J connectivity index is 2.31. The Bertz CT molecular complexity index is 322. The summed E-state index contributed by atoms with van der Waals surface area (Å²) in [5, 5.41) is 0. The third kappa shape index (κ3) is 3.71. The molecule has 0 fully saturated rings. The number of carbonyl (C=O) groups excluding carboxylic acids is 1. The zero-order valence-electron chi connectivity index (χ0n) is 9.24. The van der Waals surface area contributed by atoms with Crippen molar-refractivity contribution in [2.75, 3.05) is 13.7 Å². The molecule has 0 amide bonds. The van der Waals surface area contributed by atoms with Gasteiger partial charge in [0, 0.05) is 19.7 Å². The van der Waals surface area contributed by atoms with Crippen LogP contribution in [0.5, 0.6) is 0 Å². The molecule has 0 aliphatic carbocycles. The summed E-state index contributed by atoms with van der Waals surface area (Å²) in [4.78, 5) is 18.2. The molecule has 0 aromatic carbocycles. The van der Waals surface area contributed by atoms with Crippen molar-refractivity contribution in [3.05, 3.63) is 17.7 Å². The van der Waals surface area contributed by atoms with Gasteiger partial charge in [-0.3, -0.25) is 0 Å². The van der Waals surface area contributed by atoms with Crippen LogP contribution in [0.3, 0.4) is 0 Å². The molecule has 0 spiro atoms. The van der Waals surface area contributed by atoms with E-state index in [0.29, 0.717) is 24.5 Å². The summed E-state index contributed by atoms with van der Waals surface area (Å²) in [6.07, 6.45) is 2.32. The topological polar surface area (TPSA) is 64.2 Å². The lowest BCUT2D eigenvalue weighted by Gasteiger charge is -2.08. The van der Waals surface area contributed by atoms with Gasteiger partial charge in [-0.05, 0) is 13.8 Å². The van der Waals surface area contributed by atoms with E-state index in [4.69, 9.17) is 9.47 Å². The summed E-state index contributed by atoms with van der Waals surface area (Å²) in [6.45, 7) is 4.05. The number of esters is 1. The van der Waals surface area contributed by atoms with E-state index in [1.54, 1.807) is 14.0 Å². The summed E-state index contributed by atoms with van der Waals surface area (Å²) < 4.78 is 10.0. The highest BCUT2D eigenvalue weighted by Gasteiger charge is 2.10. The quantitative estimate of drug-likeness (QED) is 0.747. The molecule has 0 radical (unpaired) electrons. The van der Waals surface area contributed by atoms with Gasteiger partial charge in [-0.2, -0.15) is 0 Å². The van der Waals surface area contributed by atoms with Crippen molar-refractivity contribution in [1.82, 2.24) is 9.97 Å². The lowest BCUT2D eigenvalue weighted by Crippen LogP contribution is -2.13. The minimum atomic E-state index is -0.400. The zero-order valence-corrected chi connectivity index (χ0v) is 9.24. The number of aromatic amines is 1. The molecule has 84 valence electrons. The van der Waals surface area contributed by atoms with Crippen LogP contribution in [0.15, 0.2) is 6.20 Å². The maximum atomic E-state index is 11.4. The van der Waals surface area contributed by atoms with Crippen molar-refractivity contribution < 1.29 is 14.3 Å². The van der Waals surface area contributed by atoms with E-state index in [9.17, 15) is 4.79 Å². The van der Waals surface area contributed by atoms with Crippen LogP contribution in [0.2, 0.25) is 0 Å². The van der Waals surface area contributed by atoms with Gasteiger partial charge in [0.15, 0.2) is 5.69 Å². The number of aryl methyl sites for hydroxylation is 1. The second-order valence-corrected chi connectivity index (χ2v) is 3.34. The Hall–Kier alpha value is -1.36. The van der Waals surface area contributed by atoms with Crippen molar-refractivity contribution in [3.8, 4) is 0 Å². The monoisotopic (exact) mass is 212 g/mol. The largest absolute Gasteiger partial charge is 0.461 e. The van der Waals surface area contributed by atoms with Crippen LogP contribution in [-0.4, -0.2) is 35.8 Å². The third-order valence-corrected chi connectivity index (χ3v) is 2.07. The Kier molecular flexibility index (Phi) is 4.30. The van der Waals surface area contributed by atoms with E-state index < -0.39 is 5.97 Å². The Morgan fingerprint density at radius 3 is 2.93 bits per heavy atom. The molecule has 15 heavy (non-hydrogen) atoms. The molecule has 1 aromatic heterocycles. The predicted octanol–water partition coefficient (Wildman–Crippen LogP) is 1.30. The first kappa shape index (κ1) is 11.7. The van der Waals surface area contributed by atoms with Gasteiger partial charge in [-0.1, -0.05) is 0 Å². The van der Waals surface area contributed by atoms with Crippen LogP contribution in [0, 0.1) is 6.92 Å². The third-order valence-electron chi connectivity index (χ3n) is 2.07. The molecule has 1 N–H and O–H groups in total. The molecule has 0 aliphatic heterocycles. The van der Waals surface area contributed by atoms with Crippen molar-refractivity contribution in [2.45, 2.75) is 26.4 Å². The number of aromatic nitrogens is 2. The molecule has 1 aromatic rings. The number of nitrogens with zero attached hydrogens (tertiary/aromatic N) is 1. The van der Waals surface area contributed by atoms with Crippen molar-refractivity contribution in [1.29, 1.82) is 0 Å². The second kappa shape index (κ2) is 5.50. The van der Waals surface area contributed by atoms with Crippen molar-refractivity contribution in [3.63, 3.8) is 0 Å². The van der Waals surface area contributed by atoms with Gasteiger partial charge in [-0.15, -0.1) is 0 Å². The number of nitrogens with one attached hydrogen (secondary N) is 1. The summed E-state index contributed by atoms with van der Waals surface area (Å²) in [6, 6.07) is 0. The van der Waals surface area contributed by atoms with Crippen LogP contribution < -0.4 is 0 Å². The Labute approximate surface area is 88.8 Å². The van der Waals surface area contributed by atoms with Gasteiger partial charge in [0.25, 0.3) is 0 Å². The van der Waals surface area contributed by atoms with Gasteiger partial charge in [-0.25, -0.2) is 9.78 Å². The predicted molar refractivity (Wildman–Crippen MR) is 54.7 cm³/mol. The number of methoxy groups -OCH3 is 1. The normalized spacial score (nSPS) is 12.5. The van der Waals surface area contributed by atoms with Crippen LogP contribution in [0.1, 0.15) is 29.7 Å². The van der Waals surface area contributed by atoms with Gasteiger partial charge in [0.2, 0.25) is 0 Å². The lowest BCUT2D eigenvalue weighted by molar-refractivity contribution is 0.0385. The highest BCUT2D eigenvalue weighted by Crippen LogP contribution is 2.01. The molecule has 1 atom stereocenters. The van der Waals surface area contributed by atoms with Crippen LogP contribution in [-0.2, 0) is 9.47 Å². The molecule has 1 rings (SSSR count). The molecular formula is C10H16N2O3. The van der Waals surface area contributed by atoms with Gasteiger partial charge in [0.1, 0.15) is 5.82 Å². The average Bonchev–Trinajstić information content (AvgIpc) is 2.64. The SMILES string of the molecule is COC(C)CCOC(=O)c1c[nH]c(C)n1. The van der Waals surface area contributed by atoms with E-state index in [0.717, 1.165) is 0 Å². The van der Waals surface area contributed by atoms with Crippen LogP contribution >= 0.6 is 0 Å². The lowest BCUT2D eigenvalue weighted by atomic mass is 10.3. The van der Waals surface area contributed by atoms with Gasteiger partial charge >= 0.3 is 5.97 Å². The van der Waals surface area contributed by atoms with E-state index in [2.05, 4.69) is 9.97 Å². The van der Waals surface area contributed by atoms with Gasteiger partial charge in [0.05, 0.1) is 12.7 Å². The van der Waals surface area contributed by atoms with Crippen LogP contribution in [0.25, 0.3) is 0 Å². The Morgan fingerprint density at radius 1 is 1.67 bits per heavy atom. The first-order chi connectivity index (χ1) is 7.13. The number of ether oxygens (including phenoxy) is 2. The highest BCUT2D eigenvalue weighted by molar-refractivity contribution is 5.86. The highest BCUT2D eigenvalue weighted by atomic mass is 16.5. The zero-order chi connectivity index (χ0) is 11.3. The number of carbonyl (C=O) groups is 1. The van der Waals surface area contributed by atoms with Crippen molar-refractivity contribution >= 4 is 5.97 Å². The molecule has 0 saturated heterocycles. The van der Waals surface area contributed by atoms with Crippen molar-refractivity contribution in [2.24, 2.45) is 0 Å². The second-order valence-electron chi connectivity index (χ2n) is 3.34. The number of imidazole rings is 1. The summed E-state index contributed by atoms with van der Waals surface area (Å²) in [5.41, 5.74) is 0.317. The van der Waals surface area contributed by atoms with E-state index >= 15 is 0 Å². The summed E-state index contributed by atoms with van der Waals surface area (Å²) in [5.74, 6) is 0.301. The average molecular weight is 212 g/mol. The standard InChI is InChI=1S/C10H16N2O3/c1-7(14-3)4-5-15-10(13)9-6-11-8(2)12-9/h6-7H,4-5H2,1-3H3,(H,11,12). The molecular weight excluding hydrogens is 196 g/mol. The Morgan fingerprint density at radius 2 is 2.40 bits per heavy atom. The number of rotatable bonds is 5. The number of H-pyrrole nitrogens is 1. The van der Waals surface area contributed by atoms with Crippen LogP contribution in [0.4, 0.5) is 0 Å². The molecule has 1 unspecified atom stereocenters. The fourth-order valence-electron chi connectivity index (χ4n) is 1.03. The molecule has 5 nitrogen and oxygen atoms in total. The maximum absolute atomic E-state index is 11.4. The fourth-order valence-corrected chi connectivity index (χ4v) is 1.03. The smallest absolute Gasteiger partial charge is 0.358 e. The first-order valence-electron chi connectivity index (χ1n) is 4.85. The van der Waals surface area contributed by atoms with E-state index in [1.807, 2.05) is 6.92 Å². The summed E-state index contributed by atoms with van der Waals surface area (Å²) >= 11 is 0. The minimum Gasteiger partial charge on any atom is -0.461 e. The molecule has 0 aliphatic rings. The van der Waals surface area contributed by atoms with Gasteiger partial charge < -0.3 is 14.5 Å². The van der Waals surface area contributed by atoms with E-state index in [-0.39, 0.29) is 6.10 Å². The summed E-state index contributed by atoms with van der Waals surface area (Å²) in [7, 11) is 1.63. The molecule has 5 heteroatoms. The number of hydrogen-bond acceptors (Lipinski definition) is 4. The number of hydrogen-bond donors (Lipinski definition) is 1. The molecule has 0 saturated carbocycles. The first-order valence-corrected chi connectivity index (χ1v) is 4.85.